The van der Waals surface area contributed by atoms with Gasteiger partial charge in [0.2, 0.25) is 0 Å². The van der Waals surface area contributed by atoms with Gasteiger partial charge in [0.15, 0.2) is 6.10 Å². The number of hydrogen-bond donors (Lipinski definition) is 1. The molecule has 0 spiro atoms. The van der Waals surface area contributed by atoms with Gasteiger partial charge >= 0.3 is 0 Å². The highest BCUT2D eigenvalue weighted by atomic mass is 16.5. The van der Waals surface area contributed by atoms with Crippen LogP contribution in [-0.4, -0.2) is 32.3 Å². The predicted octanol–water partition coefficient (Wildman–Crippen LogP) is 2.17. The van der Waals surface area contributed by atoms with Gasteiger partial charge in [0.05, 0.1) is 0 Å². The van der Waals surface area contributed by atoms with Gasteiger partial charge in [-0.3, -0.25) is 4.79 Å². The first-order chi connectivity index (χ1) is 9.19. The summed E-state index contributed by atoms with van der Waals surface area (Å²) in [7, 11) is 1.65. The van der Waals surface area contributed by atoms with E-state index in [1.54, 1.807) is 14.0 Å². The third-order valence-electron chi connectivity index (χ3n) is 2.85. The van der Waals surface area contributed by atoms with E-state index in [1.807, 2.05) is 24.3 Å². The summed E-state index contributed by atoms with van der Waals surface area (Å²) >= 11 is 0. The molecule has 4 nitrogen and oxygen atoms in total. The minimum Gasteiger partial charge on any atom is -0.481 e. The molecule has 1 atom stereocenters. The largest absolute Gasteiger partial charge is 0.481 e. The second-order valence-corrected chi connectivity index (χ2v) is 4.36. The lowest BCUT2D eigenvalue weighted by atomic mass is 10.1. The topological polar surface area (TPSA) is 47.6 Å². The number of amides is 1. The summed E-state index contributed by atoms with van der Waals surface area (Å²) in [4.78, 5) is 11.8. The highest BCUT2D eigenvalue weighted by molar-refractivity contribution is 5.80. The molecule has 19 heavy (non-hydrogen) atoms. The van der Waals surface area contributed by atoms with E-state index in [0.717, 1.165) is 24.2 Å². The average Bonchev–Trinajstić information content (AvgIpc) is 2.44. The number of carbonyl (C=O) groups is 1. The number of para-hydroxylation sites is 1. The molecule has 1 N–H and O–H groups in total. The van der Waals surface area contributed by atoms with Crippen molar-refractivity contribution < 1.29 is 14.3 Å². The Balaban J connectivity index is 2.45. The van der Waals surface area contributed by atoms with Crippen molar-refractivity contribution in [2.45, 2.75) is 32.8 Å². The predicted molar refractivity (Wildman–Crippen MR) is 75.4 cm³/mol. The summed E-state index contributed by atoms with van der Waals surface area (Å²) in [5, 5.41) is 2.83. The molecule has 0 aliphatic rings. The molecule has 1 unspecified atom stereocenters. The summed E-state index contributed by atoms with van der Waals surface area (Å²) in [6, 6.07) is 7.80. The van der Waals surface area contributed by atoms with E-state index in [2.05, 4.69) is 12.2 Å². The summed E-state index contributed by atoms with van der Waals surface area (Å²) in [6.45, 7) is 5.08. The first-order valence-corrected chi connectivity index (χ1v) is 6.70. The van der Waals surface area contributed by atoms with Gasteiger partial charge in [0, 0.05) is 20.3 Å². The molecule has 0 saturated heterocycles. The van der Waals surface area contributed by atoms with Crippen molar-refractivity contribution in [2.24, 2.45) is 0 Å². The molecule has 1 rings (SSSR count). The van der Waals surface area contributed by atoms with Gasteiger partial charge in [-0.25, -0.2) is 0 Å². The maximum absolute atomic E-state index is 11.8. The molecular formula is C15H23NO3. The molecule has 0 saturated carbocycles. The number of hydrogen-bond acceptors (Lipinski definition) is 3. The fourth-order valence-electron chi connectivity index (χ4n) is 1.73. The fourth-order valence-corrected chi connectivity index (χ4v) is 1.73. The first kappa shape index (κ1) is 15.5. The normalized spacial score (nSPS) is 11.9. The molecule has 4 heteroatoms. The van der Waals surface area contributed by atoms with Crippen LogP contribution < -0.4 is 10.1 Å². The first-order valence-electron chi connectivity index (χ1n) is 6.70. The molecule has 106 valence electrons. The Kier molecular flexibility index (Phi) is 6.97. The Bertz CT molecular complexity index is 393. The van der Waals surface area contributed by atoms with Crippen molar-refractivity contribution in [1.82, 2.24) is 5.32 Å². The lowest BCUT2D eigenvalue weighted by Crippen LogP contribution is -2.37. The Morgan fingerprint density at radius 3 is 2.79 bits per heavy atom. The maximum atomic E-state index is 11.8. The number of nitrogens with one attached hydrogen (secondary N) is 1. The van der Waals surface area contributed by atoms with E-state index >= 15 is 0 Å². The van der Waals surface area contributed by atoms with E-state index in [1.165, 1.54) is 0 Å². The number of aryl methyl sites for hydroxylation is 1. The van der Waals surface area contributed by atoms with Crippen molar-refractivity contribution in [3.05, 3.63) is 29.8 Å². The van der Waals surface area contributed by atoms with E-state index in [0.29, 0.717) is 13.2 Å². The van der Waals surface area contributed by atoms with Gasteiger partial charge in [0.25, 0.3) is 5.91 Å². The summed E-state index contributed by atoms with van der Waals surface area (Å²) in [5.41, 5.74) is 1.11. The quantitative estimate of drug-likeness (QED) is 0.733. The standard InChI is InChI=1S/C15H23NO3/c1-4-13-8-5-6-9-14(13)19-12(2)15(17)16-10-7-11-18-3/h5-6,8-9,12H,4,7,10-11H2,1-3H3,(H,16,17). The molecule has 0 heterocycles. The Morgan fingerprint density at radius 1 is 1.37 bits per heavy atom. The van der Waals surface area contributed by atoms with Gasteiger partial charge in [-0.05, 0) is 31.4 Å². The monoisotopic (exact) mass is 265 g/mol. The van der Waals surface area contributed by atoms with E-state index in [4.69, 9.17) is 9.47 Å². The minimum absolute atomic E-state index is 0.0954. The van der Waals surface area contributed by atoms with Crippen molar-refractivity contribution in [2.75, 3.05) is 20.3 Å². The van der Waals surface area contributed by atoms with E-state index < -0.39 is 6.10 Å². The zero-order chi connectivity index (χ0) is 14.1. The lowest BCUT2D eigenvalue weighted by molar-refractivity contribution is -0.127. The summed E-state index contributed by atoms with van der Waals surface area (Å²) < 4.78 is 10.6. The number of rotatable bonds is 8. The molecule has 1 aromatic carbocycles. The van der Waals surface area contributed by atoms with Crippen LogP contribution in [0.2, 0.25) is 0 Å². The molecule has 0 bridgehead atoms. The Morgan fingerprint density at radius 2 is 2.11 bits per heavy atom. The smallest absolute Gasteiger partial charge is 0.260 e. The molecule has 1 amide bonds. The van der Waals surface area contributed by atoms with Crippen LogP contribution in [-0.2, 0) is 16.0 Å². The lowest BCUT2D eigenvalue weighted by Gasteiger charge is -2.16. The molecule has 0 aromatic heterocycles. The number of carbonyl (C=O) groups excluding carboxylic acids is 1. The number of ether oxygens (including phenoxy) is 2. The van der Waals surface area contributed by atoms with Crippen LogP contribution in [0.4, 0.5) is 0 Å². The van der Waals surface area contributed by atoms with E-state index in [-0.39, 0.29) is 5.91 Å². The van der Waals surface area contributed by atoms with Crippen LogP contribution in [0, 0.1) is 0 Å². The second-order valence-electron chi connectivity index (χ2n) is 4.36. The van der Waals surface area contributed by atoms with Crippen LogP contribution >= 0.6 is 0 Å². The molecule has 1 aromatic rings. The van der Waals surface area contributed by atoms with Crippen LogP contribution in [0.25, 0.3) is 0 Å². The van der Waals surface area contributed by atoms with Gasteiger partial charge in [-0.1, -0.05) is 25.1 Å². The van der Waals surface area contributed by atoms with Crippen LogP contribution in [0.3, 0.4) is 0 Å². The van der Waals surface area contributed by atoms with E-state index in [9.17, 15) is 4.79 Å². The average molecular weight is 265 g/mol. The van der Waals surface area contributed by atoms with Crippen LogP contribution in [0.15, 0.2) is 24.3 Å². The molecule has 0 radical (unpaired) electrons. The number of benzene rings is 1. The van der Waals surface area contributed by atoms with Crippen molar-refractivity contribution in [1.29, 1.82) is 0 Å². The maximum Gasteiger partial charge on any atom is 0.260 e. The van der Waals surface area contributed by atoms with Crippen LogP contribution in [0.5, 0.6) is 5.75 Å². The Hall–Kier alpha value is -1.55. The molecule has 0 fully saturated rings. The summed E-state index contributed by atoms with van der Waals surface area (Å²) in [5.74, 6) is 0.687. The van der Waals surface area contributed by atoms with Crippen LogP contribution in [0.1, 0.15) is 25.8 Å². The van der Waals surface area contributed by atoms with Crippen molar-refractivity contribution in [3.8, 4) is 5.75 Å². The SMILES string of the molecule is CCc1ccccc1OC(C)C(=O)NCCCOC. The zero-order valence-corrected chi connectivity index (χ0v) is 11.9. The fraction of sp³-hybridized carbons (Fsp3) is 0.533. The second kappa shape index (κ2) is 8.53. The number of methoxy groups -OCH3 is 1. The zero-order valence-electron chi connectivity index (χ0n) is 11.9. The molecule has 0 aliphatic carbocycles. The summed E-state index contributed by atoms with van der Waals surface area (Å²) in [6.07, 6.45) is 1.20. The van der Waals surface area contributed by atoms with Gasteiger partial charge in [-0.2, -0.15) is 0 Å². The molecule has 0 aliphatic heterocycles. The highest BCUT2D eigenvalue weighted by Gasteiger charge is 2.15. The van der Waals surface area contributed by atoms with Crippen molar-refractivity contribution >= 4 is 5.91 Å². The highest BCUT2D eigenvalue weighted by Crippen LogP contribution is 2.19. The third-order valence-corrected chi connectivity index (χ3v) is 2.85. The van der Waals surface area contributed by atoms with Gasteiger partial charge in [-0.15, -0.1) is 0 Å². The third kappa shape index (κ3) is 5.30. The molecular weight excluding hydrogens is 242 g/mol. The minimum atomic E-state index is -0.491. The van der Waals surface area contributed by atoms with Crippen molar-refractivity contribution in [3.63, 3.8) is 0 Å². The van der Waals surface area contributed by atoms with Gasteiger partial charge < -0.3 is 14.8 Å². The van der Waals surface area contributed by atoms with Gasteiger partial charge in [0.1, 0.15) is 5.75 Å². The Labute approximate surface area is 115 Å².